The van der Waals surface area contributed by atoms with Gasteiger partial charge in [-0.05, 0) is 18.8 Å². The van der Waals surface area contributed by atoms with E-state index in [1.54, 1.807) is 16.8 Å². The summed E-state index contributed by atoms with van der Waals surface area (Å²) in [4.78, 5) is 27.1. The maximum Gasteiger partial charge on any atom is 0.319 e. The van der Waals surface area contributed by atoms with Crippen molar-refractivity contribution in [2.75, 3.05) is 26.7 Å². The van der Waals surface area contributed by atoms with Gasteiger partial charge in [-0.2, -0.15) is 0 Å². The molecule has 1 atom stereocenters. The lowest BCUT2D eigenvalue weighted by Gasteiger charge is -2.28. The molecule has 5 nitrogen and oxygen atoms in total. The average Bonchev–Trinajstić information content (AvgIpc) is 2.73. The van der Waals surface area contributed by atoms with Gasteiger partial charge in [-0.15, -0.1) is 0 Å². The summed E-state index contributed by atoms with van der Waals surface area (Å²) in [5.74, 6) is -0.354. The third-order valence-electron chi connectivity index (χ3n) is 3.77. The van der Waals surface area contributed by atoms with E-state index in [9.17, 15) is 14.7 Å². The molecule has 1 rings (SSSR count). The molecule has 0 aliphatic carbocycles. The van der Waals surface area contributed by atoms with Crippen molar-refractivity contribution in [3.63, 3.8) is 0 Å². The van der Waals surface area contributed by atoms with Crippen LogP contribution in [0, 0.1) is 11.3 Å². The van der Waals surface area contributed by atoms with Crippen LogP contribution in [0.1, 0.15) is 40.0 Å². The van der Waals surface area contributed by atoms with Crippen LogP contribution in [0.4, 0.5) is 4.79 Å². The molecule has 1 aliphatic rings. The predicted molar refractivity (Wildman–Crippen MR) is 74.0 cm³/mol. The fourth-order valence-electron chi connectivity index (χ4n) is 2.87. The number of nitrogens with zero attached hydrogens (tertiary/aromatic N) is 2. The molecule has 1 unspecified atom stereocenters. The van der Waals surface area contributed by atoms with Crippen LogP contribution < -0.4 is 0 Å². The van der Waals surface area contributed by atoms with Crippen molar-refractivity contribution in [2.45, 2.75) is 40.0 Å². The summed E-state index contributed by atoms with van der Waals surface area (Å²) < 4.78 is 0. The molecule has 2 amide bonds. The quantitative estimate of drug-likeness (QED) is 0.833. The van der Waals surface area contributed by atoms with Crippen LogP contribution in [0.15, 0.2) is 0 Å². The van der Waals surface area contributed by atoms with E-state index in [0.717, 1.165) is 6.42 Å². The van der Waals surface area contributed by atoms with E-state index in [1.807, 2.05) is 6.92 Å². The summed E-state index contributed by atoms with van der Waals surface area (Å²) in [5.41, 5.74) is -0.733. The van der Waals surface area contributed by atoms with E-state index in [2.05, 4.69) is 13.8 Å². The summed E-state index contributed by atoms with van der Waals surface area (Å²) in [7, 11) is 1.78. The summed E-state index contributed by atoms with van der Waals surface area (Å²) in [5, 5.41) is 9.43. The fourth-order valence-corrected chi connectivity index (χ4v) is 2.87. The second-order valence-corrected chi connectivity index (χ2v) is 6.06. The Hall–Kier alpha value is -1.26. The highest BCUT2D eigenvalue weighted by Crippen LogP contribution is 2.35. The smallest absolute Gasteiger partial charge is 0.319 e. The van der Waals surface area contributed by atoms with E-state index in [1.165, 1.54) is 0 Å². The van der Waals surface area contributed by atoms with Crippen molar-refractivity contribution in [1.82, 2.24) is 9.80 Å². The Balaban J connectivity index is 2.68. The molecule has 1 N–H and O–H groups in total. The summed E-state index contributed by atoms with van der Waals surface area (Å²) >= 11 is 0. The number of hydrogen-bond donors (Lipinski definition) is 1. The van der Waals surface area contributed by atoms with Gasteiger partial charge in [0.05, 0.1) is 5.41 Å². The first-order valence-electron chi connectivity index (χ1n) is 7.06. The number of likely N-dealkylation sites (tertiary alicyclic amines) is 1. The summed E-state index contributed by atoms with van der Waals surface area (Å²) in [6.45, 7) is 7.70. The number of rotatable bonds is 5. The van der Waals surface area contributed by atoms with Gasteiger partial charge in [-0.25, -0.2) is 4.79 Å². The van der Waals surface area contributed by atoms with Crippen LogP contribution >= 0.6 is 0 Å². The van der Waals surface area contributed by atoms with Crippen LogP contribution in [0.25, 0.3) is 0 Å². The standard InChI is InChI=1S/C14H26N2O3/c1-5-6-14(12(17)18)7-8-16(10-14)13(19)15(4)9-11(2)3/h11H,5-10H2,1-4H3,(H,17,18). The van der Waals surface area contributed by atoms with Gasteiger partial charge in [0.1, 0.15) is 0 Å². The van der Waals surface area contributed by atoms with Crippen molar-refractivity contribution in [1.29, 1.82) is 0 Å². The Morgan fingerprint density at radius 3 is 2.53 bits per heavy atom. The first kappa shape index (κ1) is 15.8. The van der Waals surface area contributed by atoms with Gasteiger partial charge >= 0.3 is 12.0 Å². The molecule has 0 aromatic carbocycles. The number of amides is 2. The van der Waals surface area contributed by atoms with Gasteiger partial charge in [0, 0.05) is 26.7 Å². The van der Waals surface area contributed by atoms with E-state index < -0.39 is 11.4 Å². The molecule has 0 aromatic heterocycles. The molecule has 0 saturated carbocycles. The van der Waals surface area contributed by atoms with Crippen LogP contribution in [-0.4, -0.2) is 53.6 Å². The highest BCUT2D eigenvalue weighted by Gasteiger charge is 2.45. The second kappa shape index (κ2) is 6.26. The van der Waals surface area contributed by atoms with E-state index in [0.29, 0.717) is 38.4 Å². The molecule has 19 heavy (non-hydrogen) atoms. The number of carboxylic acids is 1. The molecule has 1 heterocycles. The van der Waals surface area contributed by atoms with Crippen LogP contribution in [0.5, 0.6) is 0 Å². The van der Waals surface area contributed by atoms with Crippen molar-refractivity contribution in [3.8, 4) is 0 Å². The third-order valence-corrected chi connectivity index (χ3v) is 3.77. The lowest BCUT2D eigenvalue weighted by Crippen LogP contribution is -2.43. The first-order chi connectivity index (χ1) is 8.82. The van der Waals surface area contributed by atoms with Gasteiger partial charge in [0.25, 0.3) is 0 Å². The molecule has 0 radical (unpaired) electrons. The van der Waals surface area contributed by atoms with Crippen molar-refractivity contribution >= 4 is 12.0 Å². The van der Waals surface area contributed by atoms with Crippen molar-refractivity contribution in [3.05, 3.63) is 0 Å². The van der Waals surface area contributed by atoms with Crippen molar-refractivity contribution in [2.24, 2.45) is 11.3 Å². The van der Waals surface area contributed by atoms with Gasteiger partial charge in [-0.3, -0.25) is 4.79 Å². The molecule has 1 aliphatic heterocycles. The minimum atomic E-state index is -0.767. The van der Waals surface area contributed by atoms with E-state index in [-0.39, 0.29) is 6.03 Å². The van der Waals surface area contributed by atoms with E-state index >= 15 is 0 Å². The monoisotopic (exact) mass is 270 g/mol. The Bertz CT molecular complexity index is 344. The molecule has 1 fully saturated rings. The number of urea groups is 1. The topological polar surface area (TPSA) is 60.9 Å². The maximum absolute atomic E-state index is 12.3. The number of hydrogen-bond acceptors (Lipinski definition) is 2. The van der Waals surface area contributed by atoms with Crippen molar-refractivity contribution < 1.29 is 14.7 Å². The number of aliphatic carboxylic acids is 1. The maximum atomic E-state index is 12.3. The van der Waals surface area contributed by atoms with Crippen LogP contribution in [0.3, 0.4) is 0 Å². The molecule has 1 saturated heterocycles. The SMILES string of the molecule is CCCC1(C(=O)O)CCN(C(=O)N(C)CC(C)C)C1. The number of carbonyl (C=O) groups is 2. The first-order valence-corrected chi connectivity index (χ1v) is 7.06. The second-order valence-electron chi connectivity index (χ2n) is 6.06. The molecule has 110 valence electrons. The van der Waals surface area contributed by atoms with Crippen LogP contribution in [-0.2, 0) is 4.79 Å². The van der Waals surface area contributed by atoms with Gasteiger partial charge in [0.2, 0.25) is 0 Å². The Kier molecular flexibility index (Phi) is 5.20. The molecule has 5 heteroatoms. The van der Waals surface area contributed by atoms with Gasteiger partial charge in [0.15, 0.2) is 0 Å². The Labute approximate surface area is 115 Å². The predicted octanol–water partition coefficient (Wildman–Crippen LogP) is 2.27. The summed E-state index contributed by atoms with van der Waals surface area (Å²) in [6.07, 6.45) is 2.04. The summed E-state index contributed by atoms with van der Waals surface area (Å²) in [6, 6.07) is -0.0482. The molecular formula is C14H26N2O3. The fraction of sp³-hybridized carbons (Fsp3) is 0.857. The van der Waals surface area contributed by atoms with Crippen LogP contribution in [0.2, 0.25) is 0 Å². The van der Waals surface area contributed by atoms with Gasteiger partial charge in [-0.1, -0.05) is 27.2 Å². The Morgan fingerprint density at radius 2 is 2.05 bits per heavy atom. The average molecular weight is 270 g/mol. The normalized spacial score (nSPS) is 22.9. The minimum Gasteiger partial charge on any atom is -0.481 e. The molecule has 0 aromatic rings. The largest absolute Gasteiger partial charge is 0.481 e. The number of carboxylic acid groups (broad SMARTS) is 1. The number of carbonyl (C=O) groups excluding carboxylic acids is 1. The van der Waals surface area contributed by atoms with Gasteiger partial charge < -0.3 is 14.9 Å². The highest BCUT2D eigenvalue weighted by atomic mass is 16.4. The molecule has 0 bridgehead atoms. The lowest BCUT2D eigenvalue weighted by atomic mass is 9.83. The van der Waals surface area contributed by atoms with E-state index in [4.69, 9.17) is 0 Å². The molecular weight excluding hydrogens is 244 g/mol. The Morgan fingerprint density at radius 1 is 1.42 bits per heavy atom. The minimum absolute atomic E-state index is 0.0482. The zero-order valence-corrected chi connectivity index (χ0v) is 12.5. The zero-order chi connectivity index (χ0) is 14.6. The zero-order valence-electron chi connectivity index (χ0n) is 12.5. The third kappa shape index (κ3) is 3.61. The molecule has 0 spiro atoms. The highest BCUT2D eigenvalue weighted by molar-refractivity contribution is 5.79. The lowest BCUT2D eigenvalue weighted by molar-refractivity contribution is -0.148.